The van der Waals surface area contributed by atoms with Gasteiger partial charge in [0.1, 0.15) is 0 Å². The van der Waals surface area contributed by atoms with Crippen LogP contribution in [0.25, 0.3) is 0 Å². The van der Waals surface area contributed by atoms with Crippen LogP contribution in [0.1, 0.15) is 19.4 Å². The molecule has 0 aromatic heterocycles. The Hall–Kier alpha value is -1.48. The molecular weight excluding hydrogens is 224 g/mol. The molecule has 0 aliphatic carbocycles. The number of rotatable bonds is 3. The van der Waals surface area contributed by atoms with Crippen molar-refractivity contribution in [2.24, 2.45) is 0 Å². The maximum atomic E-state index is 11.3. The third-order valence-electron chi connectivity index (χ3n) is 1.89. The van der Waals surface area contributed by atoms with E-state index in [0.29, 0.717) is 11.6 Å². The molecule has 16 heavy (non-hydrogen) atoms. The monoisotopic (exact) mass is 238 g/mol. The van der Waals surface area contributed by atoms with Crippen molar-refractivity contribution in [3.8, 4) is 0 Å². The number of carbonyl (C=O) groups excluding carboxylic acids is 1. The normalized spacial score (nSPS) is 9.44. The average Bonchev–Trinajstić information content (AvgIpc) is 2.25. The minimum absolute atomic E-state index is 0.235. The number of halogens is 1. The lowest BCUT2D eigenvalue weighted by Crippen LogP contribution is -2.31. The second-order valence-electron chi connectivity index (χ2n) is 3.64. The standard InChI is InChI=1S/C12H15ClN2O/c1-9(2)7-14-12(16)15-8-10-5-3-4-6-11(10)13/h3-7H,8H2,1-2H3,(H2,14,15,16). The Morgan fingerprint density at radius 3 is 2.69 bits per heavy atom. The fourth-order valence-corrected chi connectivity index (χ4v) is 1.28. The summed E-state index contributed by atoms with van der Waals surface area (Å²) in [6.07, 6.45) is 1.65. The zero-order valence-corrected chi connectivity index (χ0v) is 10.1. The van der Waals surface area contributed by atoms with Gasteiger partial charge in [-0.1, -0.05) is 35.4 Å². The van der Waals surface area contributed by atoms with E-state index in [4.69, 9.17) is 11.6 Å². The molecule has 86 valence electrons. The Bertz CT molecular complexity index is 398. The van der Waals surface area contributed by atoms with Crippen LogP contribution in [-0.4, -0.2) is 6.03 Å². The van der Waals surface area contributed by atoms with Gasteiger partial charge in [-0.25, -0.2) is 4.79 Å². The fourth-order valence-electron chi connectivity index (χ4n) is 1.08. The summed E-state index contributed by atoms with van der Waals surface area (Å²) in [7, 11) is 0. The van der Waals surface area contributed by atoms with Gasteiger partial charge in [0, 0.05) is 17.8 Å². The summed E-state index contributed by atoms with van der Waals surface area (Å²) in [4.78, 5) is 11.3. The summed E-state index contributed by atoms with van der Waals surface area (Å²) >= 11 is 5.95. The molecule has 0 heterocycles. The summed E-state index contributed by atoms with van der Waals surface area (Å²) in [6.45, 7) is 4.24. The van der Waals surface area contributed by atoms with Gasteiger partial charge < -0.3 is 10.6 Å². The highest BCUT2D eigenvalue weighted by Gasteiger charge is 2.01. The third kappa shape index (κ3) is 4.36. The fraction of sp³-hybridized carbons (Fsp3) is 0.250. The molecule has 1 aromatic carbocycles. The Labute approximate surface area is 100 Å². The van der Waals surface area contributed by atoms with E-state index in [2.05, 4.69) is 10.6 Å². The van der Waals surface area contributed by atoms with E-state index < -0.39 is 0 Å². The van der Waals surface area contributed by atoms with Crippen molar-refractivity contribution in [1.29, 1.82) is 0 Å². The molecule has 2 amide bonds. The lowest BCUT2D eigenvalue weighted by Gasteiger charge is -2.06. The first-order valence-corrected chi connectivity index (χ1v) is 5.38. The van der Waals surface area contributed by atoms with Crippen molar-refractivity contribution < 1.29 is 4.79 Å². The van der Waals surface area contributed by atoms with E-state index in [0.717, 1.165) is 11.1 Å². The zero-order valence-electron chi connectivity index (χ0n) is 9.38. The zero-order chi connectivity index (χ0) is 12.0. The first kappa shape index (κ1) is 12.6. The third-order valence-corrected chi connectivity index (χ3v) is 2.26. The van der Waals surface area contributed by atoms with E-state index in [-0.39, 0.29) is 6.03 Å². The van der Waals surface area contributed by atoms with Crippen LogP contribution >= 0.6 is 11.6 Å². The van der Waals surface area contributed by atoms with Crippen molar-refractivity contribution >= 4 is 17.6 Å². The molecule has 0 bridgehead atoms. The molecular formula is C12H15ClN2O. The Morgan fingerprint density at radius 1 is 1.38 bits per heavy atom. The molecule has 0 fully saturated rings. The number of urea groups is 1. The molecule has 1 rings (SSSR count). The Balaban J connectivity index is 2.43. The average molecular weight is 239 g/mol. The van der Waals surface area contributed by atoms with E-state index in [9.17, 15) is 4.79 Å². The summed E-state index contributed by atoms with van der Waals surface area (Å²) in [5.74, 6) is 0. The first-order chi connectivity index (χ1) is 7.59. The molecule has 0 aliphatic heterocycles. The first-order valence-electron chi connectivity index (χ1n) is 5.00. The maximum Gasteiger partial charge on any atom is 0.319 e. The molecule has 0 saturated carbocycles. The van der Waals surface area contributed by atoms with Crippen molar-refractivity contribution in [1.82, 2.24) is 10.6 Å². The quantitative estimate of drug-likeness (QED) is 0.835. The van der Waals surface area contributed by atoms with Gasteiger partial charge in [0.25, 0.3) is 0 Å². The van der Waals surface area contributed by atoms with Crippen LogP contribution in [0, 0.1) is 0 Å². The van der Waals surface area contributed by atoms with Crippen LogP contribution in [0.3, 0.4) is 0 Å². The highest BCUT2D eigenvalue weighted by Crippen LogP contribution is 2.13. The molecule has 0 radical (unpaired) electrons. The second kappa shape index (κ2) is 6.18. The van der Waals surface area contributed by atoms with Crippen LogP contribution in [0.15, 0.2) is 36.0 Å². The van der Waals surface area contributed by atoms with Gasteiger partial charge in [-0.15, -0.1) is 0 Å². The van der Waals surface area contributed by atoms with Gasteiger partial charge in [-0.05, 0) is 25.5 Å². The lowest BCUT2D eigenvalue weighted by molar-refractivity contribution is 0.243. The number of amides is 2. The summed E-state index contributed by atoms with van der Waals surface area (Å²) in [5, 5.41) is 5.99. The maximum absolute atomic E-state index is 11.3. The van der Waals surface area contributed by atoms with Gasteiger partial charge >= 0.3 is 6.03 Å². The Morgan fingerprint density at radius 2 is 2.06 bits per heavy atom. The van der Waals surface area contributed by atoms with E-state index in [1.807, 2.05) is 32.0 Å². The van der Waals surface area contributed by atoms with E-state index in [1.54, 1.807) is 12.3 Å². The largest absolute Gasteiger partial charge is 0.334 e. The van der Waals surface area contributed by atoms with Gasteiger partial charge in [0.05, 0.1) is 0 Å². The highest BCUT2D eigenvalue weighted by molar-refractivity contribution is 6.31. The van der Waals surface area contributed by atoms with E-state index in [1.165, 1.54) is 0 Å². The molecule has 0 saturated heterocycles. The van der Waals surface area contributed by atoms with Crippen molar-refractivity contribution in [2.75, 3.05) is 0 Å². The summed E-state index contributed by atoms with van der Waals surface area (Å²) in [5.41, 5.74) is 1.93. The number of hydrogen-bond donors (Lipinski definition) is 2. The van der Waals surface area contributed by atoms with Crippen molar-refractivity contribution in [3.05, 3.63) is 46.6 Å². The summed E-state index contributed by atoms with van der Waals surface area (Å²) < 4.78 is 0. The predicted molar refractivity (Wildman–Crippen MR) is 66.3 cm³/mol. The molecule has 4 heteroatoms. The van der Waals surface area contributed by atoms with Crippen LogP contribution in [0.5, 0.6) is 0 Å². The van der Waals surface area contributed by atoms with Gasteiger partial charge in [-0.2, -0.15) is 0 Å². The van der Waals surface area contributed by atoms with Gasteiger partial charge in [-0.3, -0.25) is 0 Å². The minimum atomic E-state index is -0.235. The number of carbonyl (C=O) groups is 1. The van der Waals surface area contributed by atoms with Crippen LogP contribution in [0.4, 0.5) is 4.79 Å². The molecule has 0 aliphatic rings. The number of hydrogen-bond acceptors (Lipinski definition) is 1. The van der Waals surface area contributed by atoms with Crippen LogP contribution < -0.4 is 10.6 Å². The summed E-state index contributed by atoms with van der Waals surface area (Å²) in [6, 6.07) is 7.18. The SMILES string of the molecule is CC(C)=CNC(=O)NCc1ccccc1Cl. The molecule has 3 nitrogen and oxygen atoms in total. The van der Waals surface area contributed by atoms with Crippen LogP contribution in [0.2, 0.25) is 5.02 Å². The van der Waals surface area contributed by atoms with Crippen LogP contribution in [-0.2, 0) is 6.54 Å². The van der Waals surface area contributed by atoms with Crippen molar-refractivity contribution in [2.45, 2.75) is 20.4 Å². The highest BCUT2D eigenvalue weighted by atomic mass is 35.5. The molecule has 1 aromatic rings. The number of allylic oxidation sites excluding steroid dienone is 1. The molecule has 0 atom stereocenters. The lowest BCUT2D eigenvalue weighted by atomic mass is 10.2. The van der Waals surface area contributed by atoms with Crippen molar-refractivity contribution in [3.63, 3.8) is 0 Å². The van der Waals surface area contributed by atoms with E-state index >= 15 is 0 Å². The number of nitrogens with one attached hydrogen (secondary N) is 2. The van der Waals surface area contributed by atoms with Gasteiger partial charge in [0.2, 0.25) is 0 Å². The smallest absolute Gasteiger partial charge is 0.319 e. The predicted octanol–water partition coefficient (Wildman–Crippen LogP) is 3.06. The molecule has 0 spiro atoms. The molecule has 2 N–H and O–H groups in total. The minimum Gasteiger partial charge on any atom is -0.334 e. The topological polar surface area (TPSA) is 41.1 Å². The Kier molecular flexibility index (Phi) is 4.86. The molecule has 0 unspecified atom stereocenters. The van der Waals surface area contributed by atoms with Gasteiger partial charge in [0.15, 0.2) is 0 Å². The second-order valence-corrected chi connectivity index (χ2v) is 4.05. The number of benzene rings is 1.